The quantitative estimate of drug-likeness (QED) is 0.0891. The lowest BCUT2D eigenvalue weighted by molar-refractivity contribution is -0.143. The van der Waals surface area contributed by atoms with Crippen molar-refractivity contribution in [3.05, 3.63) is 47.7 Å². The summed E-state index contributed by atoms with van der Waals surface area (Å²) in [5, 5.41) is 11.5. The molecule has 2 bridgehead atoms. The fraction of sp³-hybridized carbons (Fsp3) is 0.500. The number of hydrogen-bond donors (Lipinski definition) is 1. The van der Waals surface area contributed by atoms with Gasteiger partial charge in [0, 0.05) is 55.3 Å². The van der Waals surface area contributed by atoms with Gasteiger partial charge in [0.05, 0.1) is 42.7 Å². The van der Waals surface area contributed by atoms with Gasteiger partial charge in [-0.1, -0.05) is 12.0 Å². The molecular formula is C40H44F3N6O7P. The Hall–Kier alpha value is -4.52. The van der Waals surface area contributed by atoms with Crippen molar-refractivity contribution in [2.45, 2.75) is 76.2 Å². The van der Waals surface area contributed by atoms with Crippen molar-refractivity contribution in [3.63, 3.8) is 0 Å². The van der Waals surface area contributed by atoms with Gasteiger partial charge in [0.25, 0.3) is 0 Å². The molecule has 13 nitrogen and oxygen atoms in total. The zero-order valence-corrected chi connectivity index (χ0v) is 32.7. The van der Waals surface area contributed by atoms with Crippen LogP contribution in [0.4, 0.5) is 19.0 Å². The first kappa shape index (κ1) is 39.3. The number of terminal acetylenes is 1. The van der Waals surface area contributed by atoms with Gasteiger partial charge >= 0.3 is 19.7 Å². The third-order valence-corrected chi connectivity index (χ3v) is 13.8. The number of aromatic nitrogens is 3. The molecule has 0 spiro atoms. The smallest absolute Gasteiger partial charge is 0.408 e. The standard InChI is InChI=1S/C40H44F3N6O7P/c1-4-29-32(42)11-8-24-16-28(50)17-30(34(24)29)36-35(43)37-31(19-44-36)38(46-39(45-37)54-23-40-13-7-14-48(40)20-25(41)18-40)47-21-26-9-10-27(22-47)49(26)57(52,55-6-3)56-15-12-33(51)53-5-2/h1,8,11,16-17,19,25-27,50H,5-7,9-10,12-15,18,20-23H2,2-3H3/t25-,26?,27?,40+,57?/m1/s1. The number of carbonyl (C=O) groups is 1. The Morgan fingerprint density at radius 3 is 2.63 bits per heavy atom. The topological polar surface area (TPSA) is 140 Å². The third-order valence-electron chi connectivity index (χ3n) is 11.5. The first-order chi connectivity index (χ1) is 27.5. The summed E-state index contributed by atoms with van der Waals surface area (Å²) in [4.78, 5) is 30.0. The Morgan fingerprint density at radius 2 is 1.89 bits per heavy atom. The van der Waals surface area contributed by atoms with Crippen molar-refractivity contribution < 1.29 is 46.2 Å². The maximum absolute atomic E-state index is 17.2. The lowest BCUT2D eigenvalue weighted by atomic mass is 9.95. The molecule has 0 radical (unpaired) electrons. The van der Waals surface area contributed by atoms with Crippen LogP contribution in [-0.4, -0.2) is 112 Å². The first-order valence-electron chi connectivity index (χ1n) is 19.4. The summed E-state index contributed by atoms with van der Waals surface area (Å²) in [5.74, 6) is 0.450. The van der Waals surface area contributed by atoms with Crippen LogP contribution in [0, 0.1) is 24.0 Å². The maximum atomic E-state index is 17.2. The number of aromatic hydroxyl groups is 1. The highest BCUT2D eigenvalue weighted by atomic mass is 31.2. The molecule has 17 heteroatoms. The summed E-state index contributed by atoms with van der Waals surface area (Å²) < 4.78 is 85.8. The van der Waals surface area contributed by atoms with Crippen LogP contribution in [0.1, 0.15) is 57.9 Å². The number of halogens is 3. The molecule has 4 aromatic rings. The molecule has 0 aliphatic carbocycles. The van der Waals surface area contributed by atoms with Crippen LogP contribution < -0.4 is 9.64 Å². The summed E-state index contributed by atoms with van der Waals surface area (Å²) in [6, 6.07) is 4.55. The fourth-order valence-corrected chi connectivity index (χ4v) is 11.3. The molecule has 0 saturated carbocycles. The third kappa shape index (κ3) is 7.18. The number of fused-ring (bicyclic) bond motifs is 5. The van der Waals surface area contributed by atoms with E-state index in [-0.39, 0.29) is 89.8 Å². The van der Waals surface area contributed by atoms with Crippen LogP contribution in [-0.2, 0) is 23.1 Å². The van der Waals surface area contributed by atoms with Gasteiger partial charge in [0.15, 0.2) is 5.82 Å². The predicted octanol–water partition coefficient (Wildman–Crippen LogP) is 6.53. The molecule has 57 heavy (non-hydrogen) atoms. The summed E-state index contributed by atoms with van der Waals surface area (Å²) in [6.07, 6.45) is 9.33. The molecule has 3 unspecified atom stereocenters. The second kappa shape index (κ2) is 15.7. The van der Waals surface area contributed by atoms with Gasteiger partial charge < -0.3 is 19.5 Å². The Morgan fingerprint density at radius 1 is 1.11 bits per heavy atom. The van der Waals surface area contributed by atoms with Crippen molar-refractivity contribution in [1.82, 2.24) is 24.5 Å². The number of esters is 1. The van der Waals surface area contributed by atoms with Gasteiger partial charge in [-0.3, -0.25) is 23.7 Å². The van der Waals surface area contributed by atoms with Crippen LogP contribution in [0.3, 0.4) is 0 Å². The molecule has 1 N–H and O–H groups in total. The number of ether oxygens (including phenoxy) is 2. The lowest BCUT2D eigenvalue weighted by Gasteiger charge is -2.43. The molecule has 2 aromatic heterocycles. The Bertz CT molecular complexity index is 2300. The molecule has 0 amide bonds. The molecule has 4 fully saturated rings. The number of benzene rings is 2. The van der Waals surface area contributed by atoms with Gasteiger partial charge in [-0.2, -0.15) is 14.6 Å². The van der Waals surface area contributed by atoms with E-state index in [0.29, 0.717) is 50.1 Å². The van der Waals surface area contributed by atoms with Gasteiger partial charge in [0.2, 0.25) is 0 Å². The number of phenols is 1. The second-order valence-corrected chi connectivity index (χ2v) is 16.9. The normalized spacial score (nSPS) is 24.5. The molecule has 2 aromatic carbocycles. The molecule has 4 aliphatic rings. The number of carbonyl (C=O) groups excluding carboxylic acids is 1. The minimum absolute atomic E-state index is 0.0706. The van der Waals surface area contributed by atoms with Crippen molar-refractivity contribution in [3.8, 4) is 35.4 Å². The number of rotatable bonds is 13. The molecule has 4 aliphatic heterocycles. The monoisotopic (exact) mass is 808 g/mol. The Balaban J connectivity index is 1.18. The van der Waals surface area contributed by atoms with E-state index in [2.05, 4.69) is 20.8 Å². The van der Waals surface area contributed by atoms with Crippen LogP contribution in [0.25, 0.3) is 32.9 Å². The summed E-state index contributed by atoms with van der Waals surface area (Å²) in [5.41, 5.74) is -0.930. The van der Waals surface area contributed by atoms with Crippen LogP contribution >= 0.6 is 7.75 Å². The van der Waals surface area contributed by atoms with E-state index in [0.717, 1.165) is 19.4 Å². The van der Waals surface area contributed by atoms with E-state index < -0.39 is 37.1 Å². The van der Waals surface area contributed by atoms with E-state index in [1.54, 1.807) is 18.5 Å². The Kier molecular flexibility index (Phi) is 10.8. The van der Waals surface area contributed by atoms with E-state index in [1.165, 1.54) is 30.5 Å². The van der Waals surface area contributed by atoms with Gasteiger partial charge in [-0.05, 0) is 69.7 Å². The highest BCUT2D eigenvalue weighted by molar-refractivity contribution is 7.51. The summed E-state index contributed by atoms with van der Waals surface area (Å²) in [6.45, 7) is 5.38. The average Bonchev–Trinajstić information content (AvgIpc) is 3.81. The highest BCUT2D eigenvalue weighted by Crippen LogP contribution is 2.59. The maximum Gasteiger partial charge on any atom is 0.408 e. The number of hydrogen-bond acceptors (Lipinski definition) is 12. The number of anilines is 1. The predicted molar refractivity (Wildman–Crippen MR) is 206 cm³/mol. The number of nitrogens with zero attached hydrogens (tertiary/aromatic N) is 6. The number of alkyl halides is 1. The molecule has 8 rings (SSSR count). The lowest BCUT2D eigenvalue weighted by Crippen LogP contribution is -2.53. The van der Waals surface area contributed by atoms with E-state index in [4.69, 9.17) is 29.9 Å². The molecule has 5 atom stereocenters. The van der Waals surface area contributed by atoms with Crippen molar-refractivity contribution >= 4 is 41.2 Å². The van der Waals surface area contributed by atoms with Crippen molar-refractivity contribution in [1.29, 1.82) is 0 Å². The van der Waals surface area contributed by atoms with E-state index in [9.17, 15) is 18.9 Å². The number of piperazine rings is 1. The number of pyridine rings is 1. The molecule has 302 valence electrons. The van der Waals surface area contributed by atoms with Gasteiger partial charge in [-0.15, -0.1) is 6.42 Å². The second-order valence-electron chi connectivity index (χ2n) is 15.0. The molecule has 4 saturated heterocycles. The van der Waals surface area contributed by atoms with Crippen molar-refractivity contribution in [2.24, 2.45) is 0 Å². The summed E-state index contributed by atoms with van der Waals surface area (Å²) in [7, 11) is -3.85. The number of phenolic OH excluding ortho intramolecular Hbond substituents is 1. The van der Waals surface area contributed by atoms with E-state index in [1.807, 2.05) is 4.90 Å². The highest BCUT2D eigenvalue weighted by Gasteiger charge is 2.52. The minimum Gasteiger partial charge on any atom is -0.508 e. The van der Waals surface area contributed by atoms with Crippen LogP contribution in [0.2, 0.25) is 0 Å². The molecular weight excluding hydrogens is 764 g/mol. The zero-order chi connectivity index (χ0) is 40.1. The largest absolute Gasteiger partial charge is 0.508 e. The van der Waals surface area contributed by atoms with Crippen LogP contribution in [0.15, 0.2) is 30.5 Å². The minimum atomic E-state index is -3.85. The Labute approximate surface area is 328 Å². The average molecular weight is 809 g/mol. The fourth-order valence-electron chi connectivity index (χ4n) is 9.18. The van der Waals surface area contributed by atoms with Gasteiger partial charge in [-0.25, -0.2) is 17.7 Å². The van der Waals surface area contributed by atoms with E-state index >= 15 is 8.78 Å². The zero-order valence-electron chi connectivity index (χ0n) is 31.8. The molecule has 6 heterocycles. The van der Waals surface area contributed by atoms with Crippen LogP contribution in [0.5, 0.6) is 11.8 Å². The first-order valence-corrected chi connectivity index (χ1v) is 20.9. The summed E-state index contributed by atoms with van der Waals surface area (Å²) >= 11 is 0. The SMILES string of the molecule is C#Cc1c(F)ccc2cc(O)cc(-c3ncc4c(N5CC6CCC(C5)N6P(=O)(OCC)OCCC(=O)OCC)nc(OC[C@@]56CCCN5C[C@H](F)C6)nc4c3F)c12. The van der Waals surface area contributed by atoms with Gasteiger partial charge in [0.1, 0.15) is 41.4 Å². The van der Waals surface area contributed by atoms with Crippen molar-refractivity contribution in [2.75, 3.05) is 57.5 Å².